The molecule has 3 aromatic rings. The Bertz CT molecular complexity index is 967. The van der Waals surface area contributed by atoms with E-state index >= 15 is 0 Å². The van der Waals surface area contributed by atoms with E-state index in [0.717, 1.165) is 10.1 Å². The summed E-state index contributed by atoms with van der Waals surface area (Å²) in [6, 6.07) is 11.9. The first-order valence-corrected chi connectivity index (χ1v) is 8.48. The van der Waals surface area contributed by atoms with Crippen molar-refractivity contribution in [3.8, 4) is 11.5 Å². The van der Waals surface area contributed by atoms with Crippen LogP contribution in [0.1, 0.15) is 20.0 Å². The third-order valence-electron chi connectivity index (χ3n) is 3.58. The number of ether oxygens (including phenoxy) is 2. The minimum atomic E-state index is -0.570. The van der Waals surface area contributed by atoms with Gasteiger partial charge in [0.2, 0.25) is 0 Å². The first-order chi connectivity index (χ1) is 12.0. The number of imide groups is 1. The lowest BCUT2D eigenvalue weighted by molar-refractivity contribution is 0.0850. The van der Waals surface area contributed by atoms with Gasteiger partial charge in [-0.2, -0.15) is 0 Å². The van der Waals surface area contributed by atoms with E-state index in [9.17, 15) is 9.59 Å². The number of benzene rings is 2. The molecule has 0 unspecified atom stereocenters. The number of methoxy groups -OCH3 is 2. The van der Waals surface area contributed by atoms with E-state index in [-0.39, 0.29) is 5.56 Å². The quantitative estimate of drug-likeness (QED) is 0.696. The van der Waals surface area contributed by atoms with Crippen LogP contribution in [0.2, 0.25) is 5.02 Å². The maximum Gasteiger partial charge on any atom is 0.268 e. The molecule has 25 heavy (non-hydrogen) atoms. The molecule has 2 aromatic carbocycles. The van der Waals surface area contributed by atoms with Crippen LogP contribution in [0.5, 0.6) is 11.5 Å². The van der Waals surface area contributed by atoms with Crippen molar-refractivity contribution in [1.29, 1.82) is 0 Å². The van der Waals surface area contributed by atoms with Gasteiger partial charge in [-0.25, -0.2) is 0 Å². The van der Waals surface area contributed by atoms with Crippen molar-refractivity contribution < 1.29 is 19.1 Å². The molecule has 0 aliphatic heterocycles. The van der Waals surface area contributed by atoms with Gasteiger partial charge in [-0.1, -0.05) is 11.6 Å². The Morgan fingerprint density at radius 1 is 1.00 bits per heavy atom. The van der Waals surface area contributed by atoms with Gasteiger partial charge in [0.15, 0.2) is 0 Å². The highest BCUT2D eigenvalue weighted by Crippen LogP contribution is 2.29. The minimum absolute atomic E-state index is 0.200. The van der Waals surface area contributed by atoms with Crippen molar-refractivity contribution in [3.05, 3.63) is 57.9 Å². The van der Waals surface area contributed by atoms with Crippen molar-refractivity contribution in [2.45, 2.75) is 0 Å². The molecule has 0 saturated carbocycles. The monoisotopic (exact) mass is 375 g/mol. The lowest BCUT2D eigenvalue weighted by atomic mass is 10.2. The number of rotatable bonds is 4. The van der Waals surface area contributed by atoms with Gasteiger partial charge in [0.05, 0.1) is 24.7 Å². The Kier molecular flexibility index (Phi) is 4.92. The van der Waals surface area contributed by atoms with Gasteiger partial charge >= 0.3 is 0 Å². The Morgan fingerprint density at radius 2 is 1.80 bits per heavy atom. The maximum absolute atomic E-state index is 12.4. The van der Waals surface area contributed by atoms with Crippen LogP contribution in [0.25, 0.3) is 10.1 Å². The number of hydrogen-bond acceptors (Lipinski definition) is 5. The van der Waals surface area contributed by atoms with E-state index in [1.54, 1.807) is 25.3 Å². The van der Waals surface area contributed by atoms with Crippen LogP contribution in [0.4, 0.5) is 0 Å². The molecular weight excluding hydrogens is 362 g/mol. The number of carbonyl (C=O) groups excluding carboxylic acids is 2. The first kappa shape index (κ1) is 17.3. The molecule has 0 spiro atoms. The molecule has 1 heterocycles. The lowest BCUT2D eigenvalue weighted by Crippen LogP contribution is -2.30. The van der Waals surface area contributed by atoms with Gasteiger partial charge in [0.1, 0.15) is 11.5 Å². The van der Waals surface area contributed by atoms with Gasteiger partial charge in [-0.05, 0) is 47.9 Å². The molecule has 5 nitrogen and oxygen atoms in total. The second kappa shape index (κ2) is 7.13. The summed E-state index contributed by atoms with van der Waals surface area (Å²) < 4.78 is 11.2. The molecule has 1 aromatic heterocycles. The van der Waals surface area contributed by atoms with Crippen molar-refractivity contribution >= 4 is 44.8 Å². The van der Waals surface area contributed by atoms with E-state index < -0.39 is 11.8 Å². The minimum Gasteiger partial charge on any atom is -0.497 e. The standard InChI is InChI=1S/C18H14ClNO4S/c1-23-12-4-6-15-10(7-12)8-16(25-15)18(22)20-17(21)13-9-11(19)3-5-14(13)24-2/h3-9H,1-2H3,(H,20,21,22). The molecule has 0 atom stereocenters. The average molecular weight is 376 g/mol. The van der Waals surface area contributed by atoms with E-state index in [4.69, 9.17) is 21.1 Å². The van der Waals surface area contributed by atoms with Crippen molar-refractivity contribution in [3.63, 3.8) is 0 Å². The molecule has 128 valence electrons. The highest BCUT2D eigenvalue weighted by Gasteiger charge is 2.18. The second-order valence-corrected chi connectivity index (χ2v) is 6.66. The number of amides is 2. The fraction of sp³-hybridized carbons (Fsp3) is 0.111. The first-order valence-electron chi connectivity index (χ1n) is 7.28. The summed E-state index contributed by atoms with van der Waals surface area (Å²) in [5, 5.41) is 3.63. The van der Waals surface area contributed by atoms with Crippen LogP contribution < -0.4 is 14.8 Å². The molecule has 7 heteroatoms. The summed E-state index contributed by atoms with van der Waals surface area (Å²) >= 11 is 7.22. The summed E-state index contributed by atoms with van der Waals surface area (Å²) in [5.74, 6) is -0.000595. The van der Waals surface area contributed by atoms with Crippen molar-refractivity contribution in [1.82, 2.24) is 5.32 Å². The van der Waals surface area contributed by atoms with Crippen LogP contribution >= 0.6 is 22.9 Å². The number of hydrogen-bond donors (Lipinski definition) is 1. The van der Waals surface area contributed by atoms with Crippen LogP contribution in [0.3, 0.4) is 0 Å². The number of carbonyl (C=O) groups is 2. The number of thiophene rings is 1. The third-order valence-corrected chi connectivity index (χ3v) is 4.93. The van der Waals surface area contributed by atoms with Crippen LogP contribution in [-0.4, -0.2) is 26.0 Å². The molecule has 0 bridgehead atoms. The Labute approximate surface area is 153 Å². The normalized spacial score (nSPS) is 10.5. The van der Waals surface area contributed by atoms with Crippen molar-refractivity contribution in [2.24, 2.45) is 0 Å². The van der Waals surface area contributed by atoms with E-state index in [1.165, 1.54) is 24.5 Å². The fourth-order valence-electron chi connectivity index (χ4n) is 2.35. The second-order valence-electron chi connectivity index (χ2n) is 5.14. The van der Waals surface area contributed by atoms with E-state index in [1.807, 2.05) is 18.2 Å². The number of nitrogens with one attached hydrogen (secondary N) is 1. The van der Waals surface area contributed by atoms with Gasteiger partial charge in [0, 0.05) is 9.72 Å². The number of fused-ring (bicyclic) bond motifs is 1. The zero-order valence-corrected chi connectivity index (χ0v) is 15.0. The highest BCUT2D eigenvalue weighted by atomic mass is 35.5. The summed E-state index contributed by atoms with van der Waals surface area (Å²) in [6.45, 7) is 0. The van der Waals surface area contributed by atoms with Crippen LogP contribution in [-0.2, 0) is 0 Å². The third kappa shape index (κ3) is 3.60. The largest absolute Gasteiger partial charge is 0.497 e. The zero-order valence-electron chi connectivity index (χ0n) is 13.5. The fourth-order valence-corrected chi connectivity index (χ4v) is 3.46. The molecule has 0 radical (unpaired) electrons. The van der Waals surface area contributed by atoms with Crippen LogP contribution in [0, 0.1) is 0 Å². The molecule has 2 amide bonds. The molecule has 0 saturated heterocycles. The topological polar surface area (TPSA) is 64.6 Å². The van der Waals surface area contributed by atoms with Gasteiger partial charge in [-0.3, -0.25) is 14.9 Å². The van der Waals surface area contributed by atoms with Crippen LogP contribution in [0.15, 0.2) is 42.5 Å². The summed E-state index contributed by atoms with van der Waals surface area (Å²) in [7, 11) is 3.03. The average Bonchev–Trinajstić information content (AvgIpc) is 3.04. The maximum atomic E-state index is 12.4. The Morgan fingerprint density at radius 3 is 2.52 bits per heavy atom. The molecule has 0 aliphatic carbocycles. The summed E-state index contributed by atoms with van der Waals surface area (Å²) in [6.07, 6.45) is 0. The molecular formula is C18H14ClNO4S. The smallest absolute Gasteiger partial charge is 0.268 e. The molecule has 1 N–H and O–H groups in total. The molecule has 0 aliphatic rings. The SMILES string of the molecule is COc1ccc2sc(C(=O)NC(=O)c3cc(Cl)ccc3OC)cc2c1. The van der Waals surface area contributed by atoms with Gasteiger partial charge < -0.3 is 9.47 Å². The Hall–Kier alpha value is -2.57. The highest BCUT2D eigenvalue weighted by molar-refractivity contribution is 7.20. The van der Waals surface area contributed by atoms with Gasteiger partial charge in [-0.15, -0.1) is 11.3 Å². The zero-order chi connectivity index (χ0) is 18.0. The Balaban J connectivity index is 1.84. The number of halogens is 1. The summed E-state index contributed by atoms with van der Waals surface area (Å²) in [5.41, 5.74) is 0.200. The van der Waals surface area contributed by atoms with Crippen molar-refractivity contribution in [2.75, 3.05) is 14.2 Å². The van der Waals surface area contributed by atoms with E-state index in [2.05, 4.69) is 5.32 Å². The molecule has 3 rings (SSSR count). The van der Waals surface area contributed by atoms with E-state index in [0.29, 0.717) is 21.4 Å². The van der Waals surface area contributed by atoms with Gasteiger partial charge in [0.25, 0.3) is 11.8 Å². The summed E-state index contributed by atoms with van der Waals surface area (Å²) in [4.78, 5) is 25.2. The predicted molar refractivity (Wildman–Crippen MR) is 98.2 cm³/mol. The lowest BCUT2D eigenvalue weighted by Gasteiger charge is -2.08. The predicted octanol–water partition coefficient (Wildman–Crippen LogP) is 4.14. The molecule has 0 fully saturated rings.